The lowest BCUT2D eigenvalue weighted by Crippen LogP contribution is -2.03. The number of nitriles is 1. The van der Waals surface area contributed by atoms with E-state index in [4.69, 9.17) is 5.26 Å². The van der Waals surface area contributed by atoms with Gasteiger partial charge in [-0.25, -0.2) is 4.98 Å². The maximum Gasteiger partial charge on any atom is 0.137 e. The van der Waals surface area contributed by atoms with Gasteiger partial charge in [-0.15, -0.1) is 0 Å². The summed E-state index contributed by atoms with van der Waals surface area (Å²) in [5, 5.41) is 9.09. The Morgan fingerprint density at radius 3 is 2.88 bits per heavy atom. The van der Waals surface area contributed by atoms with Gasteiger partial charge in [0.1, 0.15) is 17.6 Å². The van der Waals surface area contributed by atoms with Crippen LogP contribution in [-0.2, 0) is 6.42 Å². The molecule has 0 aromatic carbocycles. The average Bonchev–Trinajstić information content (AvgIpc) is 2.66. The Hall–Kier alpha value is -1.60. The van der Waals surface area contributed by atoms with E-state index in [-0.39, 0.29) is 0 Å². The number of hydrogen-bond donors (Lipinski definition) is 0. The Balaban J connectivity index is 2.68. The van der Waals surface area contributed by atoms with E-state index in [2.05, 4.69) is 33.9 Å². The predicted molar refractivity (Wildman–Crippen MR) is 65.4 cm³/mol. The summed E-state index contributed by atoms with van der Waals surface area (Å²) in [5.74, 6) is 0.779. The second kappa shape index (κ2) is 4.50. The van der Waals surface area contributed by atoms with Crippen molar-refractivity contribution in [2.24, 2.45) is 0 Å². The summed E-state index contributed by atoms with van der Waals surface area (Å²) in [7, 11) is 0. The van der Waals surface area contributed by atoms with E-state index in [1.807, 2.05) is 28.8 Å². The molecule has 0 aliphatic rings. The van der Waals surface area contributed by atoms with Crippen molar-refractivity contribution in [3.05, 3.63) is 46.3 Å². The summed E-state index contributed by atoms with van der Waals surface area (Å²) < 4.78 is 2.83. The molecule has 2 aromatic heterocycles. The first-order valence-electron chi connectivity index (χ1n) is 4.99. The molecule has 0 spiro atoms. The Labute approximate surface area is 102 Å². The summed E-state index contributed by atoms with van der Waals surface area (Å²) in [6.45, 7) is 2.06. The van der Waals surface area contributed by atoms with Crippen molar-refractivity contribution in [3.63, 3.8) is 0 Å². The Bertz CT molecular complexity index is 537. The minimum atomic E-state index is 0.599. The van der Waals surface area contributed by atoms with Gasteiger partial charge in [0.25, 0.3) is 0 Å². The summed E-state index contributed by atoms with van der Waals surface area (Å²) in [6.07, 6.45) is 2.57. The second-order valence-corrected chi connectivity index (χ2v) is 4.17. The van der Waals surface area contributed by atoms with Crippen LogP contribution in [0.4, 0.5) is 0 Å². The summed E-state index contributed by atoms with van der Waals surface area (Å²) in [5.41, 5.74) is 1.66. The van der Waals surface area contributed by atoms with Gasteiger partial charge in [0, 0.05) is 16.4 Å². The normalized spacial score (nSPS) is 10.1. The lowest BCUT2D eigenvalue weighted by molar-refractivity contribution is 0.889. The molecule has 0 atom stereocenters. The Morgan fingerprint density at radius 2 is 2.31 bits per heavy atom. The molecule has 2 heterocycles. The zero-order chi connectivity index (χ0) is 11.5. The van der Waals surface area contributed by atoms with Crippen LogP contribution < -0.4 is 0 Å². The van der Waals surface area contributed by atoms with Crippen LogP contribution in [0.25, 0.3) is 5.82 Å². The quantitative estimate of drug-likeness (QED) is 0.845. The van der Waals surface area contributed by atoms with Crippen molar-refractivity contribution in [1.29, 1.82) is 5.26 Å². The fourth-order valence-corrected chi connectivity index (χ4v) is 2.35. The molecule has 0 saturated heterocycles. The van der Waals surface area contributed by atoms with E-state index >= 15 is 0 Å². The summed E-state index contributed by atoms with van der Waals surface area (Å²) in [4.78, 5) is 4.27. The third-order valence-electron chi connectivity index (χ3n) is 2.38. The van der Waals surface area contributed by atoms with Crippen LogP contribution in [0.2, 0.25) is 0 Å². The lowest BCUT2D eigenvalue weighted by atomic mass is 10.3. The highest BCUT2D eigenvalue weighted by Crippen LogP contribution is 2.25. The largest absolute Gasteiger partial charge is 0.288 e. The molecule has 0 N–H and O–H groups in total. The van der Waals surface area contributed by atoms with Crippen LogP contribution in [0.5, 0.6) is 0 Å². The van der Waals surface area contributed by atoms with E-state index in [0.717, 1.165) is 22.4 Å². The minimum absolute atomic E-state index is 0.599. The fraction of sp³-hybridized carbons (Fsp3) is 0.167. The lowest BCUT2D eigenvalue weighted by Gasteiger charge is -2.07. The fourth-order valence-electron chi connectivity index (χ4n) is 1.68. The molecule has 4 heteroatoms. The molecule has 0 saturated carbocycles. The van der Waals surface area contributed by atoms with Crippen molar-refractivity contribution >= 4 is 15.9 Å². The van der Waals surface area contributed by atoms with Gasteiger partial charge >= 0.3 is 0 Å². The van der Waals surface area contributed by atoms with E-state index in [0.29, 0.717) is 5.69 Å². The van der Waals surface area contributed by atoms with Gasteiger partial charge in [-0.3, -0.25) is 4.57 Å². The van der Waals surface area contributed by atoms with Crippen molar-refractivity contribution in [3.8, 4) is 11.9 Å². The molecule has 0 fully saturated rings. The number of halogens is 1. The number of hydrogen-bond acceptors (Lipinski definition) is 2. The van der Waals surface area contributed by atoms with Crippen LogP contribution in [0.15, 0.2) is 34.9 Å². The van der Waals surface area contributed by atoms with Gasteiger partial charge < -0.3 is 0 Å². The smallest absolute Gasteiger partial charge is 0.137 e. The highest BCUT2D eigenvalue weighted by molar-refractivity contribution is 9.10. The van der Waals surface area contributed by atoms with E-state index in [1.165, 1.54) is 0 Å². The summed E-state index contributed by atoms with van der Waals surface area (Å²) >= 11 is 3.47. The van der Waals surface area contributed by atoms with Crippen LogP contribution >= 0.6 is 15.9 Å². The molecule has 0 radical (unpaired) electrons. The van der Waals surface area contributed by atoms with Gasteiger partial charge in [0.05, 0.1) is 0 Å². The van der Waals surface area contributed by atoms with Crippen molar-refractivity contribution in [1.82, 2.24) is 9.55 Å². The minimum Gasteiger partial charge on any atom is -0.288 e. The molecule has 0 unspecified atom stereocenters. The number of aromatic nitrogens is 2. The van der Waals surface area contributed by atoms with Crippen molar-refractivity contribution < 1.29 is 0 Å². The topological polar surface area (TPSA) is 41.6 Å². The SMILES string of the molecule is CCc1c(Br)cc(C#N)n1-c1ccccn1. The molecule has 0 bridgehead atoms. The summed E-state index contributed by atoms with van der Waals surface area (Å²) in [6, 6.07) is 9.68. The van der Waals surface area contributed by atoms with Gasteiger partial charge in [-0.2, -0.15) is 5.26 Å². The van der Waals surface area contributed by atoms with Crippen molar-refractivity contribution in [2.45, 2.75) is 13.3 Å². The third-order valence-corrected chi connectivity index (χ3v) is 3.06. The molecule has 2 rings (SSSR count). The van der Waals surface area contributed by atoms with Crippen LogP contribution in [0.1, 0.15) is 18.3 Å². The Morgan fingerprint density at radius 1 is 1.50 bits per heavy atom. The van der Waals surface area contributed by atoms with Gasteiger partial charge in [0.15, 0.2) is 0 Å². The number of rotatable bonds is 2. The first-order chi connectivity index (χ1) is 7.77. The third kappa shape index (κ3) is 1.74. The predicted octanol–water partition coefficient (Wildman–Crippen LogP) is 3.07. The van der Waals surface area contributed by atoms with E-state index in [1.54, 1.807) is 6.20 Å². The van der Waals surface area contributed by atoms with Crippen LogP contribution in [0.3, 0.4) is 0 Å². The molecule has 3 nitrogen and oxygen atoms in total. The number of nitrogens with zero attached hydrogens (tertiary/aromatic N) is 3. The van der Waals surface area contributed by atoms with Crippen LogP contribution in [-0.4, -0.2) is 9.55 Å². The molecule has 2 aromatic rings. The first kappa shape index (κ1) is 10.9. The molecule has 80 valence electrons. The van der Waals surface area contributed by atoms with Gasteiger partial charge in [0.2, 0.25) is 0 Å². The zero-order valence-corrected chi connectivity index (χ0v) is 10.4. The van der Waals surface area contributed by atoms with Crippen LogP contribution in [0, 0.1) is 11.3 Å². The zero-order valence-electron chi connectivity index (χ0n) is 8.81. The first-order valence-corrected chi connectivity index (χ1v) is 5.78. The van der Waals surface area contributed by atoms with E-state index in [9.17, 15) is 0 Å². The molecule has 0 aliphatic carbocycles. The maximum atomic E-state index is 9.09. The number of pyridine rings is 1. The van der Waals surface area contributed by atoms with Gasteiger partial charge in [-0.1, -0.05) is 13.0 Å². The molecular weight excluding hydrogens is 266 g/mol. The second-order valence-electron chi connectivity index (χ2n) is 3.31. The average molecular weight is 276 g/mol. The molecule has 0 aliphatic heterocycles. The molecular formula is C12H10BrN3. The highest BCUT2D eigenvalue weighted by Gasteiger charge is 2.13. The highest BCUT2D eigenvalue weighted by atomic mass is 79.9. The standard InChI is InChI=1S/C12H10BrN3/c1-2-11-10(13)7-9(8-14)16(11)12-5-3-4-6-15-12/h3-7H,2H2,1H3. The monoisotopic (exact) mass is 275 g/mol. The molecule has 16 heavy (non-hydrogen) atoms. The van der Waals surface area contributed by atoms with E-state index < -0.39 is 0 Å². The van der Waals surface area contributed by atoms with Crippen molar-refractivity contribution in [2.75, 3.05) is 0 Å². The molecule has 0 amide bonds. The van der Waals surface area contributed by atoms with Gasteiger partial charge in [-0.05, 0) is 40.5 Å². The Kier molecular flexibility index (Phi) is 3.07. The maximum absolute atomic E-state index is 9.09.